The first-order valence-electron chi connectivity index (χ1n) is 7.52. The Bertz CT molecular complexity index is 472. The van der Waals surface area contributed by atoms with E-state index in [1.54, 1.807) is 7.11 Å². The van der Waals surface area contributed by atoms with Crippen LogP contribution in [0.2, 0.25) is 5.02 Å². The van der Waals surface area contributed by atoms with Gasteiger partial charge in [0.25, 0.3) is 0 Å². The van der Waals surface area contributed by atoms with Gasteiger partial charge in [-0.2, -0.15) is 0 Å². The number of hydrogen-bond donors (Lipinski definition) is 1. The van der Waals surface area contributed by atoms with Crippen LogP contribution in [-0.4, -0.2) is 37.2 Å². The fourth-order valence-corrected chi connectivity index (χ4v) is 4.08. The Morgan fingerprint density at radius 1 is 1.30 bits per heavy atom. The molecule has 2 aliphatic heterocycles. The number of hydrogen-bond acceptors (Lipinski definition) is 3. The second-order valence-electron chi connectivity index (χ2n) is 5.93. The first-order valence-corrected chi connectivity index (χ1v) is 7.90. The first-order chi connectivity index (χ1) is 9.75. The molecule has 0 atom stereocenters. The topological polar surface area (TPSA) is 24.5 Å². The zero-order valence-electron chi connectivity index (χ0n) is 12.1. The van der Waals surface area contributed by atoms with E-state index in [0.29, 0.717) is 10.6 Å². The van der Waals surface area contributed by atoms with E-state index in [2.05, 4.69) is 16.3 Å². The van der Waals surface area contributed by atoms with Crippen molar-refractivity contribution in [2.24, 2.45) is 0 Å². The Kier molecular flexibility index (Phi) is 4.20. The lowest BCUT2D eigenvalue weighted by molar-refractivity contribution is 0.0920. The van der Waals surface area contributed by atoms with E-state index in [1.807, 2.05) is 12.1 Å². The Labute approximate surface area is 126 Å². The standard InChI is InChI=1S/C16H23ClN2O/c1-20-15-13(4-2-5-14(15)17)12-19-11-3-6-16(19)7-9-18-10-8-16/h2,4-5,18H,3,6-12H2,1H3. The quantitative estimate of drug-likeness (QED) is 0.927. The van der Waals surface area contributed by atoms with Crippen LogP contribution in [0.5, 0.6) is 5.75 Å². The molecule has 1 aromatic carbocycles. The molecule has 3 nitrogen and oxygen atoms in total. The maximum absolute atomic E-state index is 6.24. The van der Waals surface area contributed by atoms with Gasteiger partial charge in [-0.15, -0.1) is 0 Å². The van der Waals surface area contributed by atoms with Gasteiger partial charge in [-0.05, 0) is 51.4 Å². The van der Waals surface area contributed by atoms with Crippen LogP contribution in [0.1, 0.15) is 31.2 Å². The number of nitrogens with one attached hydrogen (secondary N) is 1. The number of piperidine rings is 1. The van der Waals surface area contributed by atoms with E-state index in [1.165, 1.54) is 37.8 Å². The second kappa shape index (κ2) is 5.92. The van der Waals surface area contributed by atoms with Gasteiger partial charge in [0.2, 0.25) is 0 Å². The third-order valence-electron chi connectivity index (χ3n) is 4.89. The van der Waals surface area contributed by atoms with E-state index < -0.39 is 0 Å². The Hall–Kier alpha value is -0.770. The predicted octanol–water partition coefficient (Wildman–Crippen LogP) is 3.07. The number of methoxy groups -OCH3 is 1. The lowest BCUT2D eigenvalue weighted by atomic mass is 9.85. The van der Waals surface area contributed by atoms with Gasteiger partial charge in [-0.25, -0.2) is 0 Å². The van der Waals surface area contributed by atoms with E-state index >= 15 is 0 Å². The van der Waals surface area contributed by atoms with Crippen molar-refractivity contribution in [2.75, 3.05) is 26.7 Å². The molecule has 110 valence electrons. The average molecular weight is 295 g/mol. The summed E-state index contributed by atoms with van der Waals surface area (Å²) in [5.41, 5.74) is 1.61. The van der Waals surface area contributed by atoms with Crippen LogP contribution in [0.25, 0.3) is 0 Å². The summed E-state index contributed by atoms with van der Waals surface area (Å²) in [6, 6.07) is 6.05. The molecule has 0 unspecified atom stereocenters. The van der Waals surface area contributed by atoms with Gasteiger partial charge in [0.1, 0.15) is 5.75 Å². The summed E-state index contributed by atoms with van der Waals surface area (Å²) in [5, 5.41) is 4.19. The fourth-order valence-electron chi connectivity index (χ4n) is 3.81. The third kappa shape index (κ3) is 2.54. The number of likely N-dealkylation sites (tertiary alicyclic amines) is 1. The first kappa shape index (κ1) is 14.2. The van der Waals surface area contributed by atoms with E-state index in [0.717, 1.165) is 25.4 Å². The summed E-state index contributed by atoms with van der Waals surface area (Å²) < 4.78 is 5.49. The minimum Gasteiger partial charge on any atom is -0.495 e. The number of nitrogens with zero attached hydrogens (tertiary/aromatic N) is 1. The highest BCUT2D eigenvalue weighted by Crippen LogP contribution is 2.39. The van der Waals surface area contributed by atoms with Gasteiger partial charge in [-0.3, -0.25) is 4.90 Å². The molecule has 0 amide bonds. The molecule has 2 saturated heterocycles. The Morgan fingerprint density at radius 2 is 2.10 bits per heavy atom. The number of rotatable bonds is 3. The van der Waals surface area contributed by atoms with Crippen molar-refractivity contribution in [1.82, 2.24) is 10.2 Å². The fraction of sp³-hybridized carbons (Fsp3) is 0.625. The molecule has 4 heteroatoms. The van der Waals surface area contributed by atoms with Gasteiger partial charge in [0, 0.05) is 17.6 Å². The number of para-hydroxylation sites is 1. The number of benzene rings is 1. The number of halogens is 1. The van der Waals surface area contributed by atoms with Gasteiger partial charge >= 0.3 is 0 Å². The van der Waals surface area contributed by atoms with Crippen LogP contribution in [0, 0.1) is 0 Å². The minimum atomic E-state index is 0.401. The zero-order chi connectivity index (χ0) is 14.0. The number of ether oxygens (including phenoxy) is 1. The lowest BCUT2D eigenvalue weighted by Crippen LogP contribution is -2.50. The van der Waals surface area contributed by atoms with Crippen LogP contribution in [0.4, 0.5) is 0 Å². The molecule has 0 bridgehead atoms. The van der Waals surface area contributed by atoms with Crippen LogP contribution in [0.3, 0.4) is 0 Å². The predicted molar refractivity (Wildman–Crippen MR) is 82.5 cm³/mol. The molecule has 0 aromatic heterocycles. The summed E-state index contributed by atoms with van der Waals surface area (Å²) in [6.07, 6.45) is 5.16. The monoisotopic (exact) mass is 294 g/mol. The summed E-state index contributed by atoms with van der Waals surface area (Å²) >= 11 is 6.24. The molecule has 2 fully saturated rings. The molecule has 2 aliphatic rings. The van der Waals surface area contributed by atoms with Gasteiger partial charge < -0.3 is 10.1 Å². The van der Waals surface area contributed by atoms with Crippen molar-refractivity contribution in [3.05, 3.63) is 28.8 Å². The molecule has 2 heterocycles. The average Bonchev–Trinajstić information content (AvgIpc) is 2.82. The molecule has 0 saturated carbocycles. The van der Waals surface area contributed by atoms with Gasteiger partial charge in [0.15, 0.2) is 0 Å². The smallest absolute Gasteiger partial charge is 0.141 e. The van der Waals surface area contributed by atoms with Crippen molar-refractivity contribution < 1.29 is 4.74 Å². The van der Waals surface area contributed by atoms with Crippen LogP contribution >= 0.6 is 11.6 Å². The molecular formula is C16H23ClN2O. The molecule has 1 aromatic rings. The highest BCUT2D eigenvalue weighted by atomic mass is 35.5. The van der Waals surface area contributed by atoms with Crippen molar-refractivity contribution in [2.45, 2.75) is 37.8 Å². The zero-order valence-corrected chi connectivity index (χ0v) is 12.9. The molecule has 3 rings (SSSR count). The van der Waals surface area contributed by atoms with E-state index in [-0.39, 0.29) is 0 Å². The van der Waals surface area contributed by atoms with Crippen molar-refractivity contribution in [3.8, 4) is 5.75 Å². The molecule has 0 aliphatic carbocycles. The molecular weight excluding hydrogens is 272 g/mol. The van der Waals surface area contributed by atoms with Gasteiger partial charge in [0.05, 0.1) is 12.1 Å². The summed E-state index contributed by atoms with van der Waals surface area (Å²) in [7, 11) is 1.70. The van der Waals surface area contributed by atoms with Gasteiger partial charge in [-0.1, -0.05) is 23.7 Å². The van der Waals surface area contributed by atoms with Crippen molar-refractivity contribution in [3.63, 3.8) is 0 Å². The SMILES string of the molecule is COc1c(Cl)cccc1CN1CCCC12CCNCC2. The van der Waals surface area contributed by atoms with Crippen LogP contribution in [0.15, 0.2) is 18.2 Å². The molecule has 0 radical (unpaired) electrons. The Balaban J connectivity index is 1.82. The summed E-state index contributed by atoms with van der Waals surface area (Å²) in [4.78, 5) is 2.65. The maximum atomic E-state index is 6.24. The van der Waals surface area contributed by atoms with Crippen molar-refractivity contribution >= 4 is 11.6 Å². The molecule has 1 spiro atoms. The lowest BCUT2D eigenvalue weighted by Gasteiger charge is -2.42. The second-order valence-corrected chi connectivity index (χ2v) is 6.34. The highest BCUT2D eigenvalue weighted by molar-refractivity contribution is 6.32. The van der Waals surface area contributed by atoms with Crippen molar-refractivity contribution in [1.29, 1.82) is 0 Å². The van der Waals surface area contributed by atoms with E-state index in [9.17, 15) is 0 Å². The third-order valence-corrected chi connectivity index (χ3v) is 5.19. The van der Waals surface area contributed by atoms with Crippen LogP contribution < -0.4 is 10.1 Å². The van der Waals surface area contributed by atoms with E-state index in [4.69, 9.17) is 16.3 Å². The minimum absolute atomic E-state index is 0.401. The molecule has 20 heavy (non-hydrogen) atoms. The highest BCUT2D eigenvalue weighted by Gasteiger charge is 2.41. The van der Waals surface area contributed by atoms with Crippen LogP contribution in [-0.2, 0) is 6.54 Å². The largest absolute Gasteiger partial charge is 0.495 e. The summed E-state index contributed by atoms with van der Waals surface area (Å²) in [6.45, 7) is 4.42. The normalized spacial score (nSPS) is 22.3. The Morgan fingerprint density at radius 3 is 2.85 bits per heavy atom. The maximum Gasteiger partial charge on any atom is 0.141 e. The molecule has 1 N–H and O–H groups in total. The summed E-state index contributed by atoms with van der Waals surface area (Å²) in [5.74, 6) is 0.838.